The van der Waals surface area contributed by atoms with Gasteiger partial charge in [0.05, 0.1) is 6.54 Å². The molecule has 0 aliphatic heterocycles. The summed E-state index contributed by atoms with van der Waals surface area (Å²) in [6.45, 7) is 7.86. The van der Waals surface area contributed by atoms with Crippen LogP contribution in [0, 0.1) is 11.8 Å². The van der Waals surface area contributed by atoms with Gasteiger partial charge in [-0.05, 0) is 33.1 Å². The Morgan fingerprint density at radius 2 is 1.87 bits per heavy atom. The molecule has 0 aromatic rings. The Morgan fingerprint density at radius 1 is 1.33 bits per heavy atom. The van der Waals surface area contributed by atoms with Gasteiger partial charge in [0.15, 0.2) is 0 Å². The fraction of sp³-hybridized carbons (Fsp3) is 0.818. The van der Waals surface area contributed by atoms with Crippen LogP contribution in [0.25, 0.3) is 0 Å². The molecule has 1 aliphatic rings. The lowest BCUT2D eigenvalue weighted by Crippen LogP contribution is -2.46. The first kappa shape index (κ1) is 12.0. The zero-order valence-corrected chi connectivity index (χ0v) is 9.89. The maximum Gasteiger partial charge on any atom is 0.239 e. The van der Waals surface area contributed by atoms with E-state index in [1.807, 2.05) is 27.7 Å². The Morgan fingerprint density at radius 3 is 2.27 bits per heavy atom. The maximum absolute atomic E-state index is 11.4. The van der Waals surface area contributed by atoms with Gasteiger partial charge in [0.2, 0.25) is 11.8 Å². The Kier molecular flexibility index (Phi) is 3.37. The van der Waals surface area contributed by atoms with E-state index in [4.69, 9.17) is 0 Å². The Balaban J connectivity index is 2.20. The van der Waals surface area contributed by atoms with Crippen molar-refractivity contribution in [2.75, 3.05) is 6.54 Å². The number of nitrogens with one attached hydrogen (secondary N) is 2. The van der Waals surface area contributed by atoms with E-state index in [2.05, 4.69) is 10.6 Å². The molecule has 0 spiro atoms. The van der Waals surface area contributed by atoms with Crippen LogP contribution in [0.2, 0.25) is 0 Å². The van der Waals surface area contributed by atoms with Crippen molar-refractivity contribution in [2.45, 2.75) is 39.7 Å². The van der Waals surface area contributed by atoms with Gasteiger partial charge >= 0.3 is 0 Å². The molecule has 2 amide bonds. The molecule has 1 aliphatic carbocycles. The fourth-order valence-corrected chi connectivity index (χ4v) is 1.45. The van der Waals surface area contributed by atoms with Gasteiger partial charge in [-0.15, -0.1) is 0 Å². The summed E-state index contributed by atoms with van der Waals surface area (Å²) in [6, 6.07) is 0. The number of hydrogen-bond donors (Lipinski definition) is 2. The number of rotatable bonds is 3. The van der Waals surface area contributed by atoms with Gasteiger partial charge in [-0.1, -0.05) is 6.92 Å². The topological polar surface area (TPSA) is 58.2 Å². The zero-order valence-electron chi connectivity index (χ0n) is 9.89. The molecular formula is C11H20N2O2. The van der Waals surface area contributed by atoms with Crippen molar-refractivity contribution in [1.82, 2.24) is 10.6 Å². The van der Waals surface area contributed by atoms with Gasteiger partial charge < -0.3 is 10.6 Å². The van der Waals surface area contributed by atoms with Gasteiger partial charge in [0.25, 0.3) is 0 Å². The standard InChI is InChI=1S/C11H20N2O2/c1-7-5-8(7)10(15)12-6-9(14)13-11(2,3)4/h7-8H,5-6H2,1-4H3,(H,12,15)(H,13,14)/t7-,8+/m0/s1. The molecule has 4 heteroatoms. The van der Waals surface area contributed by atoms with Crippen LogP contribution in [0.15, 0.2) is 0 Å². The van der Waals surface area contributed by atoms with Gasteiger partial charge in [0.1, 0.15) is 0 Å². The highest BCUT2D eigenvalue weighted by atomic mass is 16.2. The molecule has 0 radical (unpaired) electrons. The SMILES string of the molecule is C[C@H]1C[C@H]1C(=O)NCC(=O)NC(C)(C)C. The third-order valence-electron chi connectivity index (χ3n) is 2.38. The molecule has 1 rings (SSSR count). The lowest BCUT2D eigenvalue weighted by molar-refractivity contribution is -0.127. The number of hydrogen-bond acceptors (Lipinski definition) is 2. The summed E-state index contributed by atoms with van der Waals surface area (Å²) in [6.07, 6.45) is 0.951. The lowest BCUT2D eigenvalue weighted by Gasteiger charge is -2.20. The first-order valence-electron chi connectivity index (χ1n) is 5.38. The molecule has 0 aromatic heterocycles. The highest BCUT2D eigenvalue weighted by Gasteiger charge is 2.39. The first-order chi connectivity index (χ1) is 6.79. The predicted molar refractivity (Wildman–Crippen MR) is 58.2 cm³/mol. The molecule has 2 atom stereocenters. The molecule has 1 fully saturated rings. The van der Waals surface area contributed by atoms with E-state index in [0.717, 1.165) is 6.42 Å². The van der Waals surface area contributed by atoms with Gasteiger partial charge in [-0.25, -0.2) is 0 Å². The van der Waals surface area contributed by atoms with Crippen molar-refractivity contribution >= 4 is 11.8 Å². The average molecular weight is 212 g/mol. The third kappa shape index (κ3) is 4.32. The van der Waals surface area contributed by atoms with E-state index in [0.29, 0.717) is 5.92 Å². The van der Waals surface area contributed by atoms with Gasteiger partial charge in [-0.2, -0.15) is 0 Å². The number of carbonyl (C=O) groups excluding carboxylic acids is 2. The van der Waals surface area contributed by atoms with Gasteiger partial charge in [-0.3, -0.25) is 9.59 Å². The summed E-state index contributed by atoms with van der Waals surface area (Å²) in [7, 11) is 0. The van der Waals surface area contributed by atoms with Crippen LogP contribution in [0.1, 0.15) is 34.1 Å². The van der Waals surface area contributed by atoms with Crippen molar-refractivity contribution in [3.05, 3.63) is 0 Å². The summed E-state index contributed by atoms with van der Waals surface area (Å²) in [4.78, 5) is 22.8. The van der Waals surface area contributed by atoms with Crippen LogP contribution >= 0.6 is 0 Å². The van der Waals surface area contributed by atoms with E-state index < -0.39 is 0 Å². The highest BCUT2D eigenvalue weighted by Crippen LogP contribution is 2.37. The molecule has 4 nitrogen and oxygen atoms in total. The minimum Gasteiger partial charge on any atom is -0.350 e. The van der Waals surface area contributed by atoms with Crippen LogP contribution in [0.4, 0.5) is 0 Å². The van der Waals surface area contributed by atoms with Crippen molar-refractivity contribution in [1.29, 1.82) is 0 Å². The maximum atomic E-state index is 11.4. The molecule has 0 bridgehead atoms. The molecule has 86 valence electrons. The number of carbonyl (C=O) groups is 2. The van der Waals surface area contributed by atoms with E-state index in [1.165, 1.54) is 0 Å². The smallest absolute Gasteiger partial charge is 0.239 e. The van der Waals surface area contributed by atoms with E-state index in [1.54, 1.807) is 0 Å². The molecule has 1 saturated carbocycles. The molecular weight excluding hydrogens is 192 g/mol. The van der Waals surface area contributed by atoms with Crippen LogP contribution in [0.5, 0.6) is 0 Å². The van der Waals surface area contributed by atoms with Gasteiger partial charge in [0, 0.05) is 11.5 Å². The first-order valence-corrected chi connectivity index (χ1v) is 5.38. The quantitative estimate of drug-likeness (QED) is 0.722. The van der Waals surface area contributed by atoms with Crippen LogP contribution in [-0.4, -0.2) is 23.9 Å². The highest BCUT2D eigenvalue weighted by molar-refractivity contribution is 5.87. The van der Waals surface area contributed by atoms with E-state index in [-0.39, 0.29) is 29.8 Å². The summed E-state index contributed by atoms with van der Waals surface area (Å²) in [5.41, 5.74) is -0.241. The molecule has 0 heterocycles. The average Bonchev–Trinajstić information content (AvgIpc) is 2.75. The summed E-state index contributed by atoms with van der Waals surface area (Å²) in [5.74, 6) is 0.485. The minimum absolute atomic E-state index is 0.00607. The Bertz CT molecular complexity index is 268. The normalized spacial score (nSPS) is 24.5. The Hall–Kier alpha value is -1.06. The Labute approximate surface area is 90.8 Å². The monoisotopic (exact) mass is 212 g/mol. The van der Waals surface area contributed by atoms with E-state index in [9.17, 15) is 9.59 Å². The molecule has 15 heavy (non-hydrogen) atoms. The van der Waals surface area contributed by atoms with Crippen LogP contribution in [0.3, 0.4) is 0 Å². The summed E-state index contributed by atoms with van der Waals surface area (Å²) in [5, 5.41) is 5.44. The lowest BCUT2D eigenvalue weighted by atomic mass is 10.1. The second kappa shape index (κ2) is 4.21. The fourth-order valence-electron chi connectivity index (χ4n) is 1.45. The molecule has 0 unspecified atom stereocenters. The zero-order chi connectivity index (χ0) is 11.6. The van der Waals surface area contributed by atoms with E-state index >= 15 is 0 Å². The van der Waals surface area contributed by atoms with Crippen molar-refractivity contribution in [3.63, 3.8) is 0 Å². The second-order valence-corrected chi connectivity index (χ2v) is 5.34. The van der Waals surface area contributed by atoms with Crippen molar-refractivity contribution < 1.29 is 9.59 Å². The summed E-state index contributed by atoms with van der Waals surface area (Å²) >= 11 is 0. The van der Waals surface area contributed by atoms with Crippen LogP contribution < -0.4 is 10.6 Å². The largest absolute Gasteiger partial charge is 0.350 e. The number of amides is 2. The minimum atomic E-state index is -0.241. The predicted octanol–water partition coefficient (Wildman–Crippen LogP) is 0.673. The molecule has 0 aromatic carbocycles. The summed E-state index contributed by atoms with van der Waals surface area (Å²) < 4.78 is 0. The third-order valence-corrected chi connectivity index (χ3v) is 2.38. The van der Waals surface area contributed by atoms with Crippen LogP contribution in [-0.2, 0) is 9.59 Å². The second-order valence-electron chi connectivity index (χ2n) is 5.34. The van der Waals surface area contributed by atoms with Crippen molar-refractivity contribution in [3.8, 4) is 0 Å². The molecule has 0 saturated heterocycles. The van der Waals surface area contributed by atoms with Crippen molar-refractivity contribution in [2.24, 2.45) is 11.8 Å². The molecule has 2 N–H and O–H groups in total.